The van der Waals surface area contributed by atoms with Crippen molar-refractivity contribution in [2.75, 3.05) is 27.2 Å². The molecule has 1 N–H and O–H groups in total. The molecule has 0 aromatic carbocycles. The van der Waals surface area contributed by atoms with Crippen LogP contribution < -0.4 is 4.90 Å². The first-order valence-electron chi connectivity index (χ1n) is 6.88. The first-order valence-corrected chi connectivity index (χ1v) is 6.88. The van der Waals surface area contributed by atoms with E-state index in [9.17, 15) is 4.79 Å². The maximum absolute atomic E-state index is 12.2. The second-order valence-electron chi connectivity index (χ2n) is 5.38. The van der Waals surface area contributed by atoms with Gasteiger partial charge in [0.1, 0.15) is 13.2 Å². The maximum Gasteiger partial charge on any atom is 0.312 e. The molecule has 1 unspecified atom stereocenters. The summed E-state index contributed by atoms with van der Waals surface area (Å²) in [6.45, 7) is 9.83. The molecule has 0 saturated heterocycles. The topological polar surface area (TPSA) is 30.7 Å². The fourth-order valence-corrected chi connectivity index (χ4v) is 2.30. The third-order valence-corrected chi connectivity index (χ3v) is 3.92. The monoisotopic (exact) mass is 244 g/mol. The van der Waals surface area contributed by atoms with E-state index in [4.69, 9.17) is 4.74 Å². The van der Waals surface area contributed by atoms with E-state index in [-0.39, 0.29) is 11.4 Å². The summed E-state index contributed by atoms with van der Waals surface area (Å²) in [6.07, 6.45) is 2.93. The molecule has 0 aliphatic carbocycles. The molecule has 0 fully saturated rings. The number of hydrogen-bond donors (Lipinski definition) is 1. The fourth-order valence-electron chi connectivity index (χ4n) is 2.30. The van der Waals surface area contributed by atoms with Crippen molar-refractivity contribution in [1.29, 1.82) is 0 Å². The van der Waals surface area contributed by atoms with Gasteiger partial charge >= 0.3 is 5.97 Å². The predicted molar refractivity (Wildman–Crippen MR) is 71.1 cm³/mol. The summed E-state index contributed by atoms with van der Waals surface area (Å²) in [6, 6.07) is 0. The number of rotatable bonds is 8. The van der Waals surface area contributed by atoms with Crippen molar-refractivity contribution in [1.82, 2.24) is 0 Å². The molecular weight excluding hydrogens is 214 g/mol. The number of esters is 1. The highest BCUT2D eigenvalue weighted by molar-refractivity contribution is 5.76. The standard InChI is InChI=1S/C14H29NO2/c1-7-12(8-2)14(4,9-3)13(16)17-11-10-15(5)6/h12H,7-11H2,1-6H3/p+1. The quantitative estimate of drug-likeness (QED) is 0.656. The summed E-state index contributed by atoms with van der Waals surface area (Å²) < 4.78 is 5.43. The highest BCUT2D eigenvalue weighted by Gasteiger charge is 2.39. The Morgan fingerprint density at radius 1 is 1.24 bits per heavy atom. The minimum absolute atomic E-state index is 0.0186. The van der Waals surface area contributed by atoms with E-state index in [0.29, 0.717) is 12.5 Å². The summed E-state index contributed by atoms with van der Waals surface area (Å²) in [7, 11) is 4.13. The van der Waals surface area contributed by atoms with Crippen LogP contribution in [0, 0.1) is 11.3 Å². The van der Waals surface area contributed by atoms with Gasteiger partial charge in [0, 0.05) is 0 Å². The zero-order chi connectivity index (χ0) is 13.5. The van der Waals surface area contributed by atoms with Crippen LogP contribution in [0.4, 0.5) is 0 Å². The van der Waals surface area contributed by atoms with Crippen molar-refractivity contribution < 1.29 is 14.4 Å². The van der Waals surface area contributed by atoms with Crippen molar-refractivity contribution in [2.24, 2.45) is 11.3 Å². The molecule has 3 heteroatoms. The Balaban J connectivity index is 4.46. The Labute approximate surface area is 107 Å². The number of hydrogen-bond acceptors (Lipinski definition) is 2. The van der Waals surface area contributed by atoms with Crippen LogP contribution in [0.1, 0.15) is 47.0 Å². The summed E-state index contributed by atoms with van der Waals surface area (Å²) in [4.78, 5) is 13.5. The SMILES string of the molecule is CCC(CC)C(C)(CC)C(=O)OCC[NH+](C)C. The molecule has 1 atom stereocenters. The fraction of sp³-hybridized carbons (Fsp3) is 0.929. The zero-order valence-corrected chi connectivity index (χ0v) is 12.4. The van der Waals surface area contributed by atoms with Gasteiger partial charge in [-0.1, -0.05) is 33.6 Å². The van der Waals surface area contributed by atoms with E-state index < -0.39 is 0 Å². The first-order chi connectivity index (χ1) is 7.92. The Hall–Kier alpha value is -0.570. The molecule has 0 aromatic heterocycles. The van der Waals surface area contributed by atoms with Gasteiger partial charge in [-0.2, -0.15) is 0 Å². The summed E-state index contributed by atoms with van der Waals surface area (Å²) >= 11 is 0. The Morgan fingerprint density at radius 3 is 2.12 bits per heavy atom. The smallest absolute Gasteiger partial charge is 0.312 e. The lowest BCUT2D eigenvalue weighted by Crippen LogP contribution is -3.06. The van der Waals surface area contributed by atoms with E-state index in [1.54, 1.807) is 0 Å². The van der Waals surface area contributed by atoms with Crippen LogP contribution in [0.5, 0.6) is 0 Å². The molecule has 0 aliphatic rings. The van der Waals surface area contributed by atoms with Crippen LogP contribution in [-0.4, -0.2) is 33.2 Å². The summed E-state index contributed by atoms with van der Waals surface area (Å²) in [5.41, 5.74) is -0.314. The number of nitrogens with one attached hydrogen (secondary N) is 1. The molecular formula is C14H30NO2+. The van der Waals surface area contributed by atoms with Crippen LogP contribution in [0.3, 0.4) is 0 Å². The second kappa shape index (κ2) is 7.70. The van der Waals surface area contributed by atoms with Crippen molar-refractivity contribution in [3.05, 3.63) is 0 Å². The minimum Gasteiger partial charge on any atom is -0.459 e. The molecule has 0 heterocycles. The zero-order valence-electron chi connectivity index (χ0n) is 12.4. The Morgan fingerprint density at radius 2 is 1.76 bits per heavy atom. The highest BCUT2D eigenvalue weighted by atomic mass is 16.5. The predicted octanol–water partition coefficient (Wildman–Crippen LogP) is 1.53. The molecule has 0 aromatic rings. The molecule has 0 saturated carbocycles. The van der Waals surface area contributed by atoms with E-state index in [0.717, 1.165) is 25.8 Å². The maximum atomic E-state index is 12.2. The lowest BCUT2D eigenvalue weighted by atomic mass is 9.72. The van der Waals surface area contributed by atoms with Gasteiger partial charge in [-0.05, 0) is 19.3 Å². The van der Waals surface area contributed by atoms with Gasteiger partial charge in [-0.15, -0.1) is 0 Å². The van der Waals surface area contributed by atoms with E-state index in [1.807, 2.05) is 0 Å². The minimum atomic E-state index is -0.314. The molecule has 0 aliphatic heterocycles. The number of carbonyl (C=O) groups excluding carboxylic acids is 1. The van der Waals surface area contributed by atoms with Crippen LogP contribution in [0.15, 0.2) is 0 Å². The summed E-state index contributed by atoms with van der Waals surface area (Å²) in [5, 5.41) is 0. The third-order valence-electron chi connectivity index (χ3n) is 3.92. The van der Waals surface area contributed by atoms with E-state index >= 15 is 0 Å². The van der Waals surface area contributed by atoms with Crippen LogP contribution in [0.2, 0.25) is 0 Å². The van der Waals surface area contributed by atoms with Crippen molar-refractivity contribution in [2.45, 2.75) is 47.0 Å². The van der Waals surface area contributed by atoms with Crippen molar-refractivity contribution >= 4 is 5.97 Å². The lowest BCUT2D eigenvalue weighted by Gasteiger charge is -2.33. The van der Waals surface area contributed by atoms with Gasteiger partial charge in [0.25, 0.3) is 0 Å². The Kier molecular flexibility index (Phi) is 7.44. The average molecular weight is 244 g/mol. The second-order valence-corrected chi connectivity index (χ2v) is 5.38. The molecule has 0 radical (unpaired) electrons. The van der Waals surface area contributed by atoms with Gasteiger partial charge in [-0.3, -0.25) is 4.79 Å². The molecule has 3 nitrogen and oxygen atoms in total. The molecule has 17 heavy (non-hydrogen) atoms. The number of likely N-dealkylation sites (N-methyl/N-ethyl adjacent to an activating group) is 1. The molecule has 0 bridgehead atoms. The largest absolute Gasteiger partial charge is 0.459 e. The van der Waals surface area contributed by atoms with Crippen molar-refractivity contribution in [3.8, 4) is 0 Å². The van der Waals surface area contributed by atoms with Gasteiger partial charge in [0.15, 0.2) is 0 Å². The molecule has 0 rings (SSSR count). The lowest BCUT2D eigenvalue weighted by molar-refractivity contribution is -0.858. The summed E-state index contributed by atoms with van der Waals surface area (Å²) in [5.74, 6) is 0.404. The van der Waals surface area contributed by atoms with Crippen LogP contribution in [-0.2, 0) is 9.53 Å². The normalized spacial score (nSPS) is 15.1. The molecule has 0 amide bonds. The average Bonchev–Trinajstić information content (AvgIpc) is 2.29. The van der Waals surface area contributed by atoms with Gasteiger partial charge in [0.05, 0.1) is 19.5 Å². The van der Waals surface area contributed by atoms with E-state index in [2.05, 4.69) is 41.8 Å². The third kappa shape index (κ3) is 4.66. The number of carbonyl (C=O) groups is 1. The molecule has 0 spiro atoms. The first kappa shape index (κ1) is 16.4. The number of quaternary nitrogens is 1. The van der Waals surface area contributed by atoms with Crippen LogP contribution in [0.25, 0.3) is 0 Å². The van der Waals surface area contributed by atoms with Gasteiger partial charge < -0.3 is 9.64 Å². The Bertz CT molecular complexity index is 224. The molecule has 102 valence electrons. The van der Waals surface area contributed by atoms with Crippen molar-refractivity contribution in [3.63, 3.8) is 0 Å². The van der Waals surface area contributed by atoms with Gasteiger partial charge in [0.2, 0.25) is 0 Å². The van der Waals surface area contributed by atoms with E-state index in [1.165, 1.54) is 4.90 Å². The van der Waals surface area contributed by atoms with Crippen LogP contribution >= 0.6 is 0 Å². The number of ether oxygens (including phenoxy) is 1. The van der Waals surface area contributed by atoms with Gasteiger partial charge in [-0.25, -0.2) is 0 Å². The highest BCUT2D eigenvalue weighted by Crippen LogP contribution is 2.36.